The number of hydrogen-bond donors (Lipinski definition) is 1. The predicted octanol–water partition coefficient (Wildman–Crippen LogP) is 2.21. The lowest BCUT2D eigenvalue weighted by atomic mass is 9.71. The van der Waals surface area contributed by atoms with Gasteiger partial charge in [-0.25, -0.2) is 4.79 Å². The topological polar surface area (TPSA) is 66.5 Å². The molecule has 0 aromatic rings. The molecule has 4 fully saturated rings. The zero-order chi connectivity index (χ0) is 14.7. The molecule has 114 valence electrons. The molecule has 1 heterocycles. The molecule has 1 aliphatic heterocycles. The average molecular weight is 290 g/mol. The highest BCUT2D eigenvalue weighted by molar-refractivity contribution is 6.19. The molecule has 4 rings (SSSR count). The number of nitrogens with one attached hydrogen (secondary N) is 1. The molecule has 0 aromatic heterocycles. The van der Waals surface area contributed by atoms with Crippen molar-refractivity contribution < 1.29 is 14.4 Å². The second-order valence-electron chi connectivity index (χ2n) is 7.43. The molecule has 0 bridgehead atoms. The highest BCUT2D eigenvalue weighted by Crippen LogP contribution is 2.61. The molecular weight excluding hydrogens is 268 g/mol. The summed E-state index contributed by atoms with van der Waals surface area (Å²) in [5.41, 5.74) is -0.769. The third-order valence-electron chi connectivity index (χ3n) is 6.07. The van der Waals surface area contributed by atoms with Crippen LogP contribution in [-0.4, -0.2) is 29.3 Å². The molecule has 0 radical (unpaired) electrons. The number of carbonyl (C=O) groups excluding carboxylic acids is 3. The zero-order valence-electron chi connectivity index (χ0n) is 12.3. The van der Waals surface area contributed by atoms with Crippen LogP contribution in [0.3, 0.4) is 0 Å². The maximum atomic E-state index is 12.9. The summed E-state index contributed by atoms with van der Waals surface area (Å²) in [6, 6.07) is -0.492. The molecule has 21 heavy (non-hydrogen) atoms. The zero-order valence-corrected chi connectivity index (χ0v) is 12.3. The minimum absolute atomic E-state index is 0.184. The third kappa shape index (κ3) is 1.93. The quantitative estimate of drug-likeness (QED) is 0.810. The van der Waals surface area contributed by atoms with Gasteiger partial charge in [-0.15, -0.1) is 0 Å². The molecule has 5 nitrogen and oxygen atoms in total. The lowest BCUT2D eigenvalue weighted by Gasteiger charge is -2.42. The first-order valence-corrected chi connectivity index (χ1v) is 8.25. The van der Waals surface area contributed by atoms with Crippen LogP contribution >= 0.6 is 0 Å². The maximum Gasteiger partial charge on any atom is 0.330 e. The fraction of sp³-hybridized carbons (Fsp3) is 0.812. The second kappa shape index (κ2) is 4.31. The summed E-state index contributed by atoms with van der Waals surface area (Å²) < 4.78 is 0. The van der Waals surface area contributed by atoms with E-state index in [-0.39, 0.29) is 17.2 Å². The molecule has 4 amide bonds. The van der Waals surface area contributed by atoms with E-state index in [9.17, 15) is 14.4 Å². The van der Waals surface area contributed by atoms with E-state index < -0.39 is 11.4 Å². The minimum atomic E-state index is -0.953. The largest absolute Gasteiger partial charge is 0.330 e. The highest BCUT2D eigenvalue weighted by Gasteiger charge is 2.59. The number of amides is 4. The lowest BCUT2D eigenvalue weighted by Crippen LogP contribution is -2.65. The Morgan fingerprint density at radius 3 is 2.24 bits per heavy atom. The van der Waals surface area contributed by atoms with Crippen molar-refractivity contribution in [3.05, 3.63) is 0 Å². The van der Waals surface area contributed by atoms with Crippen molar-refractivity contribution in [1.82, 2.24) is 10.2 Å². The summed E-state index contributed by atoms with van der Waals surface area (Å²) in [6.07, 6.45) is 8.76. The Morgan fingerprint density at radius 1 is 1.00 bits per heavy atom. The molecule has 5 heteroatoms. The Kier molecular flexibility index (Phi) is 2.72. The van der Waals surface area contributed by atoms with Crippen LogP contribution in [0.4, 0.5) is 4.79 Å². The number of barbiturate groups is 1. The van der Waals surface area contributed by atoms with Gasteiger partial charge in [-0.05, 0) is 49.9 Å². The number of nitrogens with zero attached hydrogens (tertiary/aromatic N) is 1. The Labute approximate surface area is 124 Å². The maximum absolute atomic E-state index is 12.9. The van der Waals surface area contributed by atoms with Gasteiger partial charge in [-0.2, -0.15) is 0 Å². The van der Waals surface area contributed by atoms with Crippen LogP contribution in [-0.2, 0) is 9.59 Å². The van der Waals surface area contributed by atoms with E-state index in [2.05, 4.69) is 5.32 Å². The number of imide groups is 2. The smallest absolute Gasteiger partial charge is 0.277 e. The van der Waals surface area contributed by atoms with Crippen molar-refractivity contribution >= 4 is 17.8 Å². The van der Waals surface area contributed by atoms with Crippen molar-refractivity contribution in [2.24, 2.45) is 16.7 Å². The van der Waals surface area contributed by atoms with Gasteiger partial charge >= 0.3 is 6.03 Å². The molecule has 3 aliphatic carbocycles. The first-order chi connectivity index (χ1) is 10.1. The molecular formula is C16H22N2O3. The highest BCUT2D eigenvalue weighted by atomic mass is 16.2. The molecule has 1 spiro atoms. The van der Waals surface area contributed by atoms with Crippen molar-refractivity contribution in [3.8, 4) is 0 Å². The fourth-order valence-electron chi connectivity index (χ4n) is 4.34. The summed E-state index contributed by atoms with van der Waals surface area (Å²) >= 11 is 0. The van der Waals surface area contributed by atoms with Gasteiger partial charge in [0.15, 0.2) is 0 Å². The molecule has 3 saturated carbocycles. The molecule has 0 unspecified atom stereocenters. The van der Waals surface area contributed by atoms with Crippen LogP contribution in [0.5, 0.6) is 0 Å². The average Bonchev–Trinajstić information content (AvgIpc) is 3.36. The van der Waals surface area contributed by atoms with Crippen molar-refractivity contribution in [1.29, 1.82) is 0 Å². The number of rotatable bonds is 3. The van der Waals surface area contributed by atoms with Crippen molar-refractivity contribution in [2.75, 3.05) is 6.54 Å². The first-order valence-electron chi connectivity index (χ1n) is 8.25. The Bertz CT molecular complexity index is 514. The van der Waals surface area contributed by atoms with Crippen LogP contribution in [0, 0.1) is 16.7 Å². The fourth-order valence-corrected chi connectivity index (χ4v) is 4.34. The Morgan fingerprint density at radius 2 is 1.67 bits per heavy atom. The summed E-state index contributed by atoms with van der Waals surface area (Å²) in [5, 5.41) is 2.46. The molecule has 0 atom stereocenters. The van der Waals surface area contributed by atoms with Crippen LogP contribution in [0.25, 0.3) is 0 Å². The van der Waals surface area contributed by atoms with E-state index in [1.165, 1.54) is 17.7 Å². The van der Waals surface area contributed by atoms with E-state index >= 15 is 0 Å². The van der Waals surface area contributed by atoms with Gasteiger partial charge in [0.05, 0.1) is 0 Å². The Hall–Kier alpha value is -1.39. The van der Waals surface area contributed by atoms with Crippen LogP contribution in [0.15, 0.2) is 0 Å². The van der Waals surface area contributed by atoms with Crippen LogP contribution < -0.4 is 5.32 Å². The minimum Gasteiger partial charge on any atom is -0.277 e. The summed E-state index contributed by atoms with van der Waals surface area (Å²) in [4.78, 5) is 38.7. The van der Waals surface area contributed by atoms with Gasteiger partial charge in [0.1, 0.15) is 5.41 Å². The lowest BCUT2D eigenvalue weighted by molar-refractivity contribution is -0.154. The van der Waals surface area contributed by atoms with Gasteiger partial charge < -0.3 is 0 Å². The van der Waals surface area contributed by atoms with E-state index in [0.29, 0.717) is 25.3 Å². The van der Waals surface area contributed by atoms with Gasteiger partial charge in [-0.3, -0.25) is 19.8 Å². The third-order valence-corrected chi connectivity index (χ3v) is 6.07. The van der Waals surface area contributed by atoms with Crippen LogP contribution in [0.2, 0.25) is 0 Å². The summed E-state index contributed by atoms with van der Waals surface area (Å²) in [5.74, 6) is 0.116. The molecule has 4 aliphatic rings. The normalized spacial score (nSPS) is 30.5. The number of carbonyl (C=O) groups is 3. The number of hydrogen-bond acceptors (Lipinski definition) is 3. The van der Waals surface area contributed by atoms with E-state index in [0.717, 1.165) is 32.1 Å². The van der Waals surface area contributed by atoms with Gasteiger partial charge in [-0.1, -0.05) is 19.3 Å². The monoisotopic (exact) mass is 290 g/mol. The van der Waals surface area contributed by atoms with E-state index in [1.54, 1.807) is 0 Å². The van der Waals surface area contributed by atoms with Gasteiger partial charge in [0.25, 0.3) is 0 Å². The van der Waals surface area contributed by atoms with Gasteiger partial charge in [0.2, 0.25) is 11.8 Å². The summed E-state index contributed by atoms with van der Waals surface area (Å²) in [7, 11) is 0. The second-order valence-corrected chi connectivity index (χ2v) is 7.43. The van der Waals surface area contributed by atoms with Crippen molar-refractivity contribution in [3.63, 3.8) is 0 Å². The molecule has 1 saturated heterocycles. The van der Waals surface area contributed by atoms with E-state index in [1.807, 2.05) is 0 Å². The summed E-state index contributed by atoms with van der Waals surface area (Å²) in [6.45, 7) is 0.525. The standard InChI is InChI=1S/C16H22N2O3/c19-12-16(6-2-1-3-7-16)13(20)18(14(21)17-12)10-15(8-9-15)11-4-5-11/h11H,1-10H2,(H,17,19,21). The Balaban J connectivity index is 1.59. The van der Waals surface area contributed by atoms with Gasteiger partial charge in [0, 0.05) is 6.54 Å². The molecule has 1 N–H and O–H groups in total. The SMILES string of the molecule is O=C1NC(=O)C2(CCCCC2)C(=O)N1CC1(C2CC2)CC1. The first kappa shape index (κ1) is 13.3. The molecule has 0 aromatic carbocycles. The van der Waals surface area contributed by atoms with Crippen LogP contribution in [0.1, 0.15) is 57.8 Å². The predicted molar refractivity (Wildman–Crippen MR) is 75.2 cm³/mol. The van der Waals surface area contributed by atoms with Crippen molar-refractivity contribution in [2.45, 2.75) is 57.8 Å². The number of urea groups is 1. The van der Waals surface area contributed by atoms with E-state index in [4.69, 9.17) is 0 Å².